The van der Waals surface area contributed by atoms with Gasteiger partial charge in [-0.15, -0.1) is 0 Å². The maximum Gasteiger partial charge on any atom is 0.417 e. The topological polar surface area (TPSA) is 79.5 Å². The highest BCUT2D eigenvalue weighted by molar-refractivity contribution is 9.10. The lowest BCUT2D eigenvalue weighted by molar-refractivity contribution is -0.295. The number of carbonyl (C=O) groups excluding carboxylic acids is 1. The van der Waals surface area contributed by atoms with E-state index in [1.807, 2.05) is 6.07 Å². The SMILES string of the molecule is O=C(C1CC(O)(C(F)(F)F)C1)N(CC12CCC(c3noc(C4(F)CC4)n3)(CC1)CC2)c1cccc(Br)c1. The van der Waals surface area contributed by atoms with Crippen molar-refractivity contribution in [3.63, 3.8) is 0 Å². The second-order valence-electron chi connectivity index (χ2n) is 11.7. The van der Waals surface area contributed by atoms with E-state index < -0.39 is 36.2 Å². The molecule has 5 saturated carbocycles. The van der Waals surface area contributed by atoms with Crippen molar-refractivity contribution in [2.24, 2.45) is 11.3 Å². The molecule has 0 spiro atoms. The van der Waals surface area contributed by atoms with E-state index in [1.54, 1.807) is 23.1 Å². The number of amides is 1. The van der Waals surface area contributed by atoms with Crippen LogP contribution < -0.4 is 4.90 Å². The Balaban J connectivity index is 1.20. The maximum absolute atomic E-state index is 14.4. The van der Waals surface area contributed by atoms with Gasteiger partial charge in [0.05, 0.1) is 0 Å². The largest absolute Gasteiger partial charge is 0.417 e. The number of hydrogen-bond donors (Lipinski definition) is 1. The molecule has 0 aliphatic heterocycles. The highest BCUT2D eigenvalue weighted by Crippen LogP contribution is 2.59. The van der Waals surface area contributed by atoms with Crippen LogP contribution in [0.2, 0.25) is 0 Å². The summed E-state index contributed by atoms with van der Waals surface area (Å²) in [6.07, 6.45) is -0.439. The van der Waals surface area contributed by atoms with Gasteiger partial charge in [0.15, 0.2) is 17.1 Å². The fourth-order valence-corrected chi connectivity index (χ4v) is 6.83. The molecule has 0 saturated heterocycles. The minimum atomic E-state index is -4.75. The lowest BCUT2D eigenvalue weighted by Gasteiger charge is -2.54. The number of aromatic nitrogens is 2. The van der Waals surface area contributed by atoms with Crippen molar-refractivity contribution in [2.75, 3.05) is 11.4 Å². The second-order valence-corrected chi connectivity index (χ2v) is 12.6. The minimum absolute atomic E-state index is 0.0741. The fourth-order valence-electron chi connectivity index (χ4n) is 6.44. The average Bonchev–Trinajstić information content (AvgIpc) is 3.38. The molecule has 2 bridgehead atoms. The summed E-state index contributed by atoms with van der Waals surface area (Å²) in [5.41, 5.74) is -4.10. The summed E-state index contributed by atoms with van der Waals surface area (Å²) in [7, 11) is 0. The van der Waals surface area contributed by atoms with Gasteiger partial charge < -0.3 is 14.5 Å². The van der Waals surface area contributed by atoms with Gasteiger partial charge in [-0.2, -0.15) is 18.2 Å². The van der Waals surface area contributed by atoms with Crippen LogP contribution in [0.25, 0.3) is 0 Å². The summed E-state index contributed by atoms with van der Waals surface area (Å²) in [5, 5.41) is 14.1. The molecule has 0 radical (unpaired) electrons. The molecule has 200 valence electrons. The number of aliphatic hydroxyl groups is 1. The fraction of sp³-hybridized carbons (Fsp3) is 0.654. The third-order valence-electron chi connectivity index (χ3n) is 9.30. The third kappa shape index (κ3) is 4.20. The molecular weight excluding hydrogens is 558 g/mol. The number of anilines is 1. The second kappa shape index (κ2) is 8.24. The number of hydrogen-bond acceptors (Lipinski definition) is 5. The zero-order valence-corrected chi connectivity index (χ0v) is 21.7. The number of carbonyl (C=O) groups is 1. The van der Waals surface area contributed by atoms with Crippen LogP contribution in [0.1, 0.15) is 75.9 Å². The van der Waals surface area contributed by atoms with E-state index in [2.05, 4.69) is 26.1 Å². The van der Waals surface area contributed by atoms with E-state index >= 15 is 0 Å². The number of halogens is 5. The van der Waals surface area contributed by atoms with Crippen molar-refractivity contribution in [3.8, 4) is 0 Å². The molecule has 7 rings (SSSR count). The predicted molar refractivity (Wildman–Crippen MR) is 128 cm³/mol. The predicted octanol–water partition coefficient (Wildman–Crippen LogP) is 6.12. The highest BCUT2D eigenvalue weighted by atomic mass is 79.9. The molecule has 1 aromatic carbocycles. The van der Waals surface area contributed by atoms with Crippen LogP contribution in [0.15, 0.2) is 33.3 Å². The molecule has 6 nitrogen and oxygen atoms in total. The third-order valence-corrected chi connectivity index (χ3v) is 9.79. The van der Waals surface area contributed by atoms with E-state index in [4.69, 9.17) is 4.52 Å². The molecule has 37 heavy (non-hydrogen) atoms. The summed E-state index contributed by atoms with van der Waals surface area (Å²) in [6.45, 7) is 0.393. The Morgan fingerprint density at radius 3 is 2.32 bits per heavy atom. The van der Waals surface area contributed by atoms with Crippen molar-refractivity contribution in [1.82, 2.24) is 10.1 Å². The molecule has 11 heteroatoms. The lowest BCUT2D eigenvalue weighted by Crippen LogP contribution is -2.60. The number of rotatable bonds is 6. The smallest absolute Gasteiger partial charge is 0.380 e. The first kappa shape index (κ1) is 25.3. The zero-order chi connectivity index (χ0) is 26.3. The molecule has 2 aromatic rings. The molecule has 0 atom stereocenters. The molecule has 5 aliphatic rings. The van der Waals surface area contributed by atoms with Crippen LogP contribution in [0.3, 0.4) is 0 Å². The summed E-state index contributed by atoms with van der Waals surface area (Å²) >= 11 is 3.43. The van der Waals surface area contributed by atoms with Gasteiger partial charge >= 0.3 is 6.18 Å². The average molecular weight is 586 g/mol. The monoisotopic (exact) mass is 585 g/mol. The molecule has 5 fully saturated rings. The summed E-state index contributed by atoms with van der Waals surface area (Å²) in [6, 6.07) is 7.20. The summed E-state index contributed by atoms with van der Waals surface area (Å²) in [4.78, 5) is 19.6. The van der Waals surface area contributed by atoms with Crippen LogP contribution in [-0.4, -0.2) is 39.5 Å². The normalized spacial score (nSPS) is 34.2. The Morgan fingerprint density at radius 1 is 1.11 bits per heavy atom. The number of benzene rings is 1. The molecule has 0 unspecified atom stereocenters. The molecule has 1 aromatic heterocycles. The molecule has 5 aliphatic carbocycles. The Bertz CT molecular complexity index is 1200. The van der Waals surface area contributed by atoms with Crippen molar-refractivity contribution in [3.05, 3.63) is 40.5 Å². The quantitative estimate of drug-likeness (QED) is 0.413. The summed E-state index contributed by atoms with van der Waals surface area (Å²) < 4.78 is 60.1. The van der Waals surface area contributed by atoms with Gasteiger partial charge in [0.25, 0.3) is 5.89 Å². The van der Waals surface area contributed by atoms with Crippen LogP contribution in [0.4, 0.5) is 23.2 Å². The van der Waals surface area contributed by atoms with Crippen LogP contribution in [0.5, 0.6) is 0 Å². The number of nitrogens with zero attached hydrogens (tertiary/aromatic N) is 3. The van der Waals surface area contributed by atoms with Gasteiger partial charge in [-0.05, 0) is 87.8 Å². The Hall–Kier alpha value is -2.01. The van der Waals surface area contributed by atoms with Crippen molar-refractivity contribution < 1.29 is 32.0 Å². The Kier molecular flexibility index (Phi) is 5.63. The van der Waals surface area contributed by atoms with E-state index in [0.29, 0.717) is 30.9 Å². The summed E-state index contributed by atoms with van der Waals surface area (Å²) in [5.74, 6) is -0.628. The molecular formula is C26H28BrF4N3O3. The zero-order valence-electron chi connectivity index (χ0n) is 20.2. The van der Waals surface area contributed by atoms with E-state index in [-0.39, 0.29) is 22.6 Å². The molecule has 1 heterocycles. The van der Waals surface area contributed by atoms with Crippen LogP contribution in [-0.2, 0) is 15.9 Å². The lowest BCUT2D eigenvalue weighted by atomic mass is 9.53. The van der Waals surface area contributed by atoms with Crippen LogP contribution in [0, 0.1) is 11.3 Å². The van der Waals surface area contributed by atoms with Crippen molar-refractivity contribution in [2.45, 2.75) is 87.1 Å². The van der Waals surface area contributed by atoms with Crippen LogP contribution >= 0.6 is 15.9 Å². The minimum Gasteiger partial charge on any atom is -0.380 e. The van der Waals surface area contributed by atoms with Gasteiger partial charge in [0, 0.05) is 28.0 Å². The van der Waals surface area contributed by atoms with Gasteiger partial charge in [-0.1, -0.05) is 27.2 Å². The first-order valence-corrected chi connectivity index (χ1v) is 13.6. The first-order valence-electron chi connectivity index (χ1n) is 12.8. The molecule has 1 amide bonds. The van der Waals surface area contributed by atoms with E-state index in [1.165, 1.54) is 0 Å². The Morgan fingerprint density at radius 2 is 1.76 bits per heavy atom. The van der Waals surface area contributed by atoms with Gasteiger partial charge in [-0.3, -0.25) is 4.79 Å². The van der Waals surface area contributed by atoms with Gasteiger partial charge in [0.1, 0.15) is 0 Å². The number of fused-ring (bicyclic) bond motifs is 3. The Labute approximate surface area is 219 Å². The van der Waals surface area contributed by atoms with Gasteiger partial charge in [0.2, 0.25) is 5.91 Å². The molecule has 1 N–H and O–H groups in total. The highest BCUT2D eigenvalue weighted by Gasteiger charge is 2.63. The maximum atomic E-state index is 14.4. The van der Waals surface area contributed by atoms with Crippen molar-refractivity contribution >= 4 is 27.5 Å². The van der Waals surface area contributed by atoms with Gasteiger partial charge in [-0.25, -0.2) is 4.39 Å². The van der Waals surface area contributed by atoms with Crippen molar-refractivity contribution in [1.29, 1.82) is 0 Å². The van der Waals surface area contributed by atoms with E-state index in [9.17, 15) is 27.5 Å². The van der Waals surface area contributed by atoms with E-state index in [0.717, 1.165) is 43.0 Å². The standard InChI is InChI=1S/C26H28BrF4N3O3/c27-17-2-1-3-18(12-17)34(19(35)16-13-25(36,14-16)26(29,30)31)15-22-4-7-23(8-5-22,9-6-22)20-32-21(37-33-20)24(28)10-11-24/h1-3,12,16,36H,4-11,13-15H2. The first-order chi connectivity index (χ1) is 17.4. The number of alkyl halides is 4.